The Morgan fingerprint density at radius 1 is 1.79 bits per heavy atom. The van der Waals surface area contributed by atoms with Crippen LogP contribution < -0.4 is 0 Å². The molecule has 1 atom stereocenters. The van der Waals surface area contributed by atoms with Crippen LogP contribution in [-0.4, -0.2) is 39.2 Å². The third-order valence-electron chi connectivity index (χ3n) is 1.63. The van der Waals surface area contributed by atoms with Crippen LogP contribution in [0.15, 0.2) is 12.4 Å². The molecule has 0 aliphatic carbocycles. The van der Waals surface area contributed by atoms with E-state index in [4.69, 9.17) is 14.9 Å². The van der Waals surface area contributed by atoms with Gasteiger partial charge in [0.1, 0.15) is 0 Å². The van der Waals surface area contributed by atoms with E-state index in [9.17, 15) is 4.79 Å². The first kappa shape index (κ1) is 10.7. The van der Waals surface area contributed by atoms with Crippen molar-refractivity contribution >= 4 is 5.97 Å². The maximum Gasteiger partial charge on any atom is 0.337 e. The van der Waals surface area contributed by atoms with Crippen LogP contribution in [0.25, 0.3) is 0 Å². The molecule has 78 valence electrons. The van der Waals surface area contributed by atoms with Gasteiger partial charge < -0.3 is 14.9 Å². The van der Waals surface area contributed by atoms with Gasteiger partial charge in [-0.05, 0) is 0 Å². The lowest BCUT2D eigenvalue weighted by Gasteiger charge is -2.10. The molecule has 0 saturated carbocycles. The minimum absolute atomic E-state index is 0.00807. The molecular formula is C8H12N2O4. The highest BCUT2D eigenvalue weighted by molar-refractivity contribution is 5.74. The number of aryl methyl sites for hydroxylation is 1. The number of carbonyl (C=O) groups is 1. The summed E-state index contributed by atoms with van der Waals surface area (Å²) in [5, 5.41) is 21.2. The number of carboxylic acid groups (broad SMARTS) is 1. The van der Waals surface area contributed by atoms with Crippen molar-refractivity contribution in [2.75, 3.05) is 13.2 Å². The summed E-state index contributed by atoms with van der Waals surface area (Å²) in [6.45, 7) is -0.212. The van der Waals surface area contributed by atoms with E-state index in [-0.39, 0.29) is 13.2 Å². The van der Waals surface area contributed by atoms with E-state index in [0.29, 0.717) is 5.56 Å². The van der Waals surface area contributed by atoms with Gasteiger partial charge in [-0.25, -0.2) is 4.79 Å². The molecule has 2 N–H and O–H groups in total. The maximum absolute atomic E-state index is 10.8. The Kier molecular flexibility index (Phi) is 3.61. The van der Waals surface area contributed by atoms with Crippen LogP contribution in [0, 0.1) is 0 Å². The molecule has 0 fully saturated rings. The molecule has 0 aromatic carbocycles. The zero-order chi connectivity index (χ0) is 10.6. The number of aliphatic hydroxyl groups is 1. The van der Waals surface area contributed by atoms with E-state index in [1.165, 1.54) is 10.9 Å². The van der Waals surface area contributed by atoms with Crippen molar-refractivity contribution < 1.29 is 19.7 Å². The first-order valence-corrected chi connectivity index (χ1v) is 4.09. The fraction of sp³-hybridized carbons (Fsp3) is 0.500. The van der Waals surface area contributed by atoms with Crippen LogP contribution in [-0.2, 0) is 16.6 Å². The SMILES string of the molecule is Cn1cc(C(OCCO)C(=O)O)cn1. The average Bonchev–Trinajstić information content (AvgIpc) is 2.52. The summed E-state index contributed by atoms with van der Waals surface area (Å²) in [4.78, 5) is 10.8. The van der Waals surface area contributed by atoms with Crippen molar-refractivity contribution in [2.45, 2.75) is 6.10 Å². The Hall–Kier alpha value is -1.40. The number of hydrogen-bond donors (Lipinski definition) is 2. The van der Waals surface area contributed by atoms with Gasteiger partial charge in [-0.1, -0.05) is 0 Å². The lowest BCUT2D eigenvalue weighted by atomic mass is 10.2. The van der Waals surface area contributed by atoms with Gasteiger partial charge in [0.15, 0.2) is 6.10 Å². The number of hydrogen-bond acceptors (Lipinski definition) is 4. The standard InChI is InChI=1S/C8H12N2O4/c1-10-5-6(4-9-10)7(8(12)13)14-3-2-11/h4-5,7,11H,2-3H2,1H3,(H,12,13). The summed E-state index contributed by atoms with van der Waals surface area (Å²) in [6.07, 6.45) is 1.93. The molecule has 1 rings (SSSR count). The second kappa shape index (κ2) is 4.73. The molecular weight excluding hydrogens is 188 g/mol. The molecule has 0 amide bonds. The van der Waals surface area contributed by atoms with E-state index < -0.39 is 12.1 Å². The number of carboxylic acids is 1. The molecule has 0 spiro atoms. The Morgan fingerprint density at radius 3 is 2.93 bits per heavy atom. The monoisotopic (exact) mass is 200 g/mol. The van der Waals surface area contributed by atoms with Crippen molar-refractivity contribution in [3.63, 3.8) is 0 Å². The Bertz CT molecular complexity index is 310. The van der Waals surface area contributed by atoms with Gasteiger partial charge in [-0.15, -0.1) is 0 Å². The topological polar surface area (TPSA) is 84.6 Å². The number of ether oxygens (including phenoxy) is 1. The van der Waals surface area contributed by atoms with Crippen LogP contribution in [0.5, 0.6) is 0 Å². The lowest BCUT2D eigenvalue weighted by molar-refractivity contribution is -0.151. The quantitative estimate of drug-likeness (QED) is 0.672. The van der Waals surface area contributed by atoms with E-state index in [1.807, 2.05) is 0 Å². The molecule has 0 aliphatic rings. The highest BCUT2D eigenvalue weighted by Gasteiger charge is 2.21. The molecule has 1 aromatic heterocycles. The highest BCUT2D eigenvalue weighted by Crippen LogP contribution is 2.16. The fourth-order valence-electron chi connectivity index (χ4n) is 1.06. The molecule has 0 bridgehead atoms. The predicted molar refractivity (Wildman–Crippen MR) is 46.6 cm³/mol. The number of aliphatic hydroxyl groups excluding tert-OH is 1. The second-order valence-corrected chi connectivity index (χ2v) is 2.76. The fourth-order valence-corrected chi connectivity index (χ4v) is 1.06. The summed E-state index contributed by atoms with van der Waals surface area (Å²) < 4.78 is 6.44. The largest absolute Gasteiger partial charge is 0.479 e. The Balaban J connectivity index is 2.72. The number of aromatic nitrogens is 2. The normalized spacial score (nSPS) is 12.7. The highest BCUT2D eigenvalue weighted by atomic mass is 16.5. The van der Waals surface area contributed by atoms with Crippen molar-refractivity contribution in [3.05, 3.63) is 18.0 Å². The minimum Gasteiger partial charge on any atom is -0.479 e. The van der Waals surface area contributed by atoms with Gasteiger partial charge >= 0.3 is 5.97 Å². The summed E-state index contributed by atoms with van der Waals surface area (Å²) in [5.41, 5.74) is 0.466. The van der Waals surface area contributed by atoms with Gasteiger partial charge in [-0.2, -0.15) is 5.10 Å². The number of rotatable bonds is 5. The molecule has 0 aliphatic heterocycles. The summed E-state index contributed by atoms with van der Waals surface area (Å²) in [7, 11) is 1.69. The summed E-state index contributed by atoms with van der Waals surface area (Å²) in [5.74, 6) is -1.09. The maximum atomic E-state index is 10.8. The zero-order valence-corrected chi connectivity index (χ0v) is 7.75. The van der Waals surface area contributed by atoms with Crippen LogP contribution >= 0.6 is 0 Å². The molecule has 14 heavy (non-hydrogen) atoms. The van der Waals surface area contributed by atoms with Crippen LogP contribution in [0.1, 0.15) is 11.7 Å². The van der Waals surface area contributed by atoms with E-state index >= 15 is 0 Å². The smallest absolute Gasteiger partial charge is 0.337 e. The van der Waals surface area contributed by atoms with Gasteiger partial charge in [-0.3, -0.25) is 4.68 Å². The molecule has 1 heterocycles. The Labute approximate surface area is 80.7 Å². The van der Waals surface area contributed by atoms with Crippen molar-refractivity contribution in [3.8, 4) is 0 Å². The van der Waals surface area contributed by atoms with E-state index in [2.05, 4.69) is 5.10 Å². The van der Waals surface area contributed by atoms with Gasteiger partial charge in [0, 0.05) is 18.8 Å². The lowest BCUT2D eigenvalue weighted by Crippen LogP contribution is -2.16. The van der Waals surface area contributed by atoms with Crippen molar-refractivity contribution in [2.24, 2.45) is 7.05 Å². The van der Waals surface area contributed by atoms with Gasteiger partial charge in [0.25, 0.3) is 0 Å². The van der Waals surface area contributed by atoms with Crippen LogP contribution in [0.4, 0.5) is 0 Å². The Morgan fingerprint density at radius 2 is 2.50 bits per heavy atom. The third kappa shape index (κ3) is 2.54. The van der Waals surface area contributed by atoms with Gasteiger partial charge in [0.2, 0.25) is 0 Å². The molecule has 6 heteroatoms. The summed E-state index contributed by atoms with van der Waals surface area (Å²) >= 11 is 0. The first-order chi connectivity index (χ1) is 6.65. The van der Waals surface area contributed by atoms with Gasteiger partial charge in [0.05, 0.1) is 19.4 Å². The van der Waals surface area contributed by atoms with E-state index in [0.717, 1.165) is 0 Å². The third-order valence-corrected chi connectivity index (χ3v) is 1.63. The number of aliphatic carboxylic acids is 1. The average molecular weight is 200 g/mol. The van der Waals surface area contributed by atoms with E-state index in [1.54, 1.807) is 13.2 Å². The summed E-state index contributed by atoms with van der Waals surface area (Å²) in [6, 6.07) is 0. The van der Waals surface area contributed by atoms with Crippen molar-refractivity contribution in [1.82, 2.24) is 9.78 Å². The van der Waals surface area contributed by atoms with Crippen LogP contribution in [0.2, 0.25) is 0 Å². The van der Waals surface area contributed by atoms with Crippen molar-refractivity contribution in [1.29, 1.82) is 0 Å². The molecule has 1 unspecified atom stereocenters. The molecule has 0 saturated heterocycles. The second-order valence-electron chi connectivity index (χ2n) is 2.76. The van der Waals surface area contributed by atoms with Crippen LogP contribution in [0.3, 0.4) is 0 Å². The molecule has 6 nitrogen and oxygen atoms in total. The first-order valence-electron chi connectivity index (χ1n) is 4.09. The predicted octanol–water partition coefficient (Wildman–Crippen LogP) is -0.445. The zero-order valence-electron chi connectivity index (χ0n) is 7.75. The minimum atomic E-state index is -1.09. The molecule has 1 aromatic rings. The number of nitrogens with zero attached hydrogens (tertiary/aromatic N) is 2. The molecule has 0 radical (unpaired) electrons.